The molecular weight excluding hydrogens is 262 g/mol. The van der Waals surface area contributed by atoms with Crippen LogP contribution in [-0.4, -0.2) is 41.0 Å². The minimum atomic E-state index is -0.0789. The number of hydrogen-bond acceptors (Lipinski definition) is 3. The number of hydrogen-bond donors (Lipinski definition) is 1. The molecule has 0 aliphatic carbocycles. The second kappa shape index (κ2) is 5.47. The number of amides is 1. The number of carbonyl (C=O) groups excluding carboxylic acids is 1. The fourth-order valence-electron chi connectivity index (χ4n) is 3.22. The van der Waals surface area contributed by atoms with Gasteiger partial charge in [0.2, 0.25) is 0 Å². The van der Waals surface area contributed by atoms with Gasteiger partial charge in [0.1, 0.15) is 0 Å². The van der Waals surface area contributed by atoms with Crippen molar-refractivity contribution in [1.82, 2.24) is 15.2 Å². The van der Waals surface area contributed by atoms with Gasteiger partial charge in [-0.15, -0.1) is 0 Å². The molecule has 3 heterocycles. The molecule has 5 heteroatoms. The van der Waals surface area contributed by atoms with Crippen molar-refractivity contribution in [2.45, 2.75) is 37.8 Å². The van der Waals surface area contributed by atoms with Crippen molar-refractivity contribution in [3.8, 4) is 0 Å². The standard InChI is InChI=1S/C14H18ClN3O/c15-11-9-16-6-4-10(11)14(19)17-12-5-8-18-7-2-1-3-13(12)18/h4,6,9,12-13H,1-3,5,7-8H2,(H,17,19). The summed E-state index contributed by atoms with van der Waals surface area (Å²) < 4.78 is 0. The van der Waals surface area contributed by atoms with Crippen LogP contribution in [0.2, 0.25) is 5.02 Å². The van der Waals surface area contributed by atoms with E-state index in [2.05, 4.69) is 15.2 Å². The molecule has 2 unspecified atom stereocenters. The molecule has 102 valence electrons. The van der Waals surface area contributed by atoms with E-state index in [9.17, 15) is 4.79 Å². The molecule has 1 aromatic rings. The van der Waals surface area contributed by atoms with E-state index in [1.165, 1.54) is 32.0 Å². The van der Waals surface area contributed by atoms with Crippen LogP contribution in [0.25, 0.3) is 0 Å². The molecular formula is C14H18ClN3O. The first kappa shape index (κ1) is 12.9. The summed E-state index contributed by atoms with van der Waals surface area (Å²) in [5.41, 5.74) is 0.519. The van der Waals surface area contributed by atoms with E-state index < -0.39 is 0 Å². The zero-order valence-corrected chi connectivity index (χ0v) is 11.6. The quantitative estimate of drug-likeness (QED) is 0.902. The number of rotatable bonds is 2. The second-order valence-electron chi connectivity index (χ2n) is 5.32. The second-order valence-corrected chi connectivity index (χ2v) is 5.73. The first-order valence-corrected chi connectivity index (χ1v) is 7.28. The lowest BCUT2D eigenvalue weighted by Gasteiger charge is -2.32. The first-order valence-electron chi connectivity index (χ1n) is 6.90. The van der Waals surface area contributed by atoms with Crippen LogP contribution < -0.4 is 5.32 Å². The molecule has 0 saturated carbocycles. The van der Waals surface area contributed by atoms with E-state index >= 15 is 0 Å². The molecule has 4 nitrogen and oxygen atoms in total. The molecule has 3 rings (SSSR count). The molecule has 0 bridgehead atoms. The Hall–Kier alpha value is -1.13. The average Bonchev–Trinajstić information content (AvgIpc) is 2.83. The van der Waals surface area contributed by atoms with Crippen molar-refractivity contribution < 1.29 is 4.79 Å². The van der Waals surface area contributed by atoms with E-state index in [1.807, 2.05) is 0 Å². The summed E-state index contributed by atoms with van der Waals surface area (Å²) in [6, 6.07) is 2.45. The number of aromatic nitrogens is 1. The van der Waals surface area contributed by atoms with Crippen molar-refractivity contribution in [3.05, 3.63) is 29.0 Å². The molecule has 1 amide bonds. The fourth-order valence-corrected chi connectivity index (χ4v) is 3.43. The summed E-state index contributed by atoms with van der Waals surface area (Å²) in [6.07, 6.45) is 7.89. The molecule has 0 spiro atoms. The Balaban J connectivity index is 1.68. The van der Waals surface area contributed by atoms with Gasteiger partial charge in [0.25, 0.3) is 5.91 Å². The molecule has 19 heavy (non-hydrogen) atoms. The van der Waals surface area contributed by atoms with Crippen LogP contribution >= 0.6 is 11.6 Å². The van der Waals surface area contributed by atoms with Crippen molar-refractivity contribution in [1.29, 1.82) is 0 Å². The Morgan fingerprint density at radius 1 is 1.37 bits per heavy atom. The molecule has 1 aromatic heterocycles. The average molecular weight is 280 g/mol. The maximum absolute atomic E-state index is 12.3. The third-order valence-corrected chi connectivity index (χ3v) is 4.49. The van der Waals surface area contributed by atoms with Crippen molar-refractivity contribution in [2.75, 3.05) is 13.1 Å². The minimum absolute atomic E-state index is 0.0789. The van der Waals surface area contributed by atoms with Crippen LogP contribution in [0, 0.1) is 0 Å². The molecule has 2 aliphatic heterocycles. The summed E-state index contributed by atoms with van der Waals surface area (Å²) in [5.74, 6) is -0.0789. The Labute approximate surface area is 118 Å². The van der Waals surface area contributed by atoms with Gasteiger partial charge in [0.15, 0.2) is 0 Å². The van der Waals surface area contributed by atoms with Crippen LogP contribution in [-0.2, 0) is 0 Å². The van der Waals surface area contributed by atoms with Gasteiger partial charge < -0.3 is 5.32 Å². The number of halogens is 1. The maximum atomic E-state index is 12.3. The predicted octanol–water partition coefficient (Wildman–Crippen LogP) is 2.09. The monoisotopic (exact) mass is 279 g/mol. The molecule has 1 N–H and O–H groups in total. The molecule has 0 radical (unpaired) electrons. The fraction of sp³-hybridized carbons (Fsp3) is 0.571. The summed E-state index contributed by atoms with van der Waals surface area (Å²) in [7, 11) is 0. The SMILES string of the molecule is O=C(NC1CCN2CCCCC12)c1ccncc1Cl. The van der Waals surface area contributed by atoms with Gasteiger partial charge in [-0.25, -0.2) is 0 Å². The Kier molecular flexibility index (Phi) is 3.71. The largest absolute Gasteiger partial charge is 0.348 e. The van der Waals surface area contributed by atoms with E-state index in [0.29, 0.717) is 16.6 Å². The van der Waals surface area contributed by atoms with Crippen LogP contribution in [0.15, 0.2) is 18.5 Å². The molecule has 2 saturated heterocycles. The number of nitrogens with one attached hydrogen (secondary N) is 1. The maximum Gasteiger partial charge on any atom is 0.253 e. The van der Waals surface area contributed by atoms with E-state index in [0.717, 1.165) is 13.0 Å². The first-order chi connectivity index (χ1) is 9.25. The van der Waals surface area contributed by atoms with E-state index in [-0.39, 0.29) is 11.9 Å². The van der Waals surface area contributed by atoms with Crippen molar-refractivity contribution in [2.24, 2.45) is 0 Å². The zero-order valence-electron chi connectivity index (χ0n) is 10.8. The number of nitrogens with zero attached hydrogens (tertiary/aromatic N) is 2. The number of piperidine rings is 1. The van der Waals surface area contributed by atoms with Gasteiger partial charge in [-0.3, -0.25) is 14.7 Å². The van der Waals surface area contributed by atoms with Gasteiger partial charge in [-0.05, 0) is 31.9 Å². The molecule has 2 aliphatic rings. The Bertz CT molecular complexity index is 480. The number of fused-ring (bicyclic) bond motifs is 1. The predicted molar refractivity (Wildman–Crippen MR) is 74.3 cm³/mol. The van der Waals surface area contributed by atoms with Crippen LogP contribution in [0.5, 0.6) is 0 Å². The lowest BCUT2D eigenvalue weighted by atomic mass is 9.99. The van der Waals surface area contributed by atoms with Crippen molar-refractivity contribution in [3.63, 3.8) is 0 Å². The normalized spacial score (nSPS) is 27.0. The van der Waals surface area contributed by atoms with E-state index in [1.54, 1.807) is 12.3 Å². The third-order valence-electron chi connectivity index (χ3n) is 4.19. The van der Waals surface area contributed by atoms with Gasteiger partial charge >= 0.3 is 0 Å². The minimum Gasteiger partial charge on any atom is -0.348 e. The molecule has 0 aromatic carbocycles. The van der Waals surface area contributed by atoms with Gasteiger partial charge in [-0.1, -0.05) is 18.0 Å². The van der Waals surface area contributed by atoms with Crippen LogP contribution in [0.1, 0.15) is 36.0 Å². The highest BCUT2D eigenvalue weighted by atomic mass is 35.5. The summed E-state index contributed by atoms with van der Waals surface area (Å²) in [5, 5.41) is 3.56. The van der Waals surface area contributed by atoms with Gasteiger partial charge in [0, 0.05) is 31.0 Å². The van der Waals surface area contributed by atoms with Crippen LogP contribution in [0.4, 0.5) is 0 Å². The third kappa shape index (κ3) is 2.60. The summed E-state index contributed by atoms with van der Waals surface area (Å²) in [4.78, 5) is 18.7. The van der Waals surface area contributed by atoms with Gasteiger partial charge in [0.05, 0.1) is 10.6 Å². The smallest absolute Gasteiger partial charge is 0.253 e. The Morgan fingerprint density at radius 2 is 2.26 bits per heavy atom. The van der Waals surface area contributed by atoms with Crippen LogP contribution in [0.3, 0.4) is 0 Å². The highest BCUT2D eigenvalue weighted by Gasteiger charge is 2.36. The summed E-state index contributed by atoms with van der Waals surface area (Å²) >= 11 is 6.01. The number of pyridine rings is 1. The Morgan fingerprint density at radius 3 is 3.11 bits per heavy atom. The molecule has 2 atom stereocenters. The topological polar surface area (TPSA) is 45.2 Å². The highest BCUT2D eigenvalue weighted by molar-refractivity contribution is 6.33. The van der Waals surface area contributed by atoms with Crippen molar-refractivity contribution >= 4 is 17.5 Å². The molecule has 2 fully saturated rings. The van der Waals surface area contributed by atoms with Gasteiger partial charge in [-0.2, -0.15) is 0 Å². The number of carbonyl (C=O) groups is 1. The zero-order chi connectivity index (χ0) is 13.2. The lowest BCUT2D eigenvalue weighted by molar-refractivity contribution is 0.0915. The van der Waals surface area contributed by atoms with E-state index in [4.69, 9.17) is 11.6 Å². The lowest BCUT2D eigenvalue weighted by Crippen LogP contribution is -2.46. The highest BCUT2D eigenvalue weighted by Crippen LogP contribution is 2.27. The summed E-state index contributed by atoms with van der Waals surface area (Å²) in [6.45, 7) is 2.27.